The fourth-order valence-electron chi connectivity index (χ4n) is 2.62. The van der Waals surface area contributed by atoms with E-state index < -0.39 is 0 Å². The van der Waals surface area contributed by atoms with Crippen molar-refractivity contribution in [3.8, 4) is 0 Å². The largest absolute Gasteiger partial charge is 0.309 e. The Bertz CT molecular complexity index is 743. The number of hydrogen-bond acceptors (Lipinski definition) is 4. The number of nitrogens with one attached hydrogen (secondary N) is 1. The third kappa shape index (κ3) is 2.21. The van der Waals surface area contributed by atoms with Crippen molar-refractivity contribution >= 4 is 22.2 Å². The maximum absolute atomic E-state index is 4.55. The molecular formula is C16H17N3S. The molecule has 1 aromatic carbocycles. The number of rotatable bonds is 3. The Labute approximate surface area is 122 Å². The molecule has 1 atom stereocenters. The molecule has 0 radical (unpaired) electrons. The van der Waals surface area contributed by atoms with Crippen LogP contribution in [0.1, 0.15) is 27.2 Å². The van der Waals surface area contributed by atoms with Gasteiger partial charge in [0.25, 0.3) is 0 Å². The van der Waals surface area contributed by atoms with Gasteiger partial charge in [-0.15, -0.1) is 11.3 Å². The molecule has 0 amide bonds. The number of aryl methyl sites for hydroxylation is 2. The van der Waals surface area contributed by atoms with Crippen molar-refractivity contribution in [2.75, 3.05) is 7.05 Å². The van der Waals surface area contributed by atoms with E-state index in [1.807, 2.05) is 19.3 Å². The molecule has 0 bridgehead atoms. The van der Waals surface area contributed by atoms with Gasteiger partial charge in [0.2, 0.25) is 0 Å². The smallest absolute Gasteiger partial charge is 0.0900 e. The highest BCUT2D eigenvalue weighted by atomic mass is 32.1. The maximum atomic E-state index is 4.55. The van der Waals surface area contributed by atoms with Gasteiger partial charge < -0.3 is 5.32 Å². The second kappa shape index (κ2) is 5.31. The van der Waals surface area contributed by atoms with Crippen LogP contribution in [0.15, 0.2) is 36.5 Å². The maximum Gasteiger partial charge on any atom is 0.0900 e. The van der Waals surface area contributed by atoms with Crippen LogP contribution in [-0.4, -0.2) is 17.0 Å². The van der Waals surface area contributed by atoms with Crippen LogP contribution in [0.4, 0.5) is 0 Å². The van der Waals surface area contributed by atoms with Crippen LogP contribution in [0.25, 0.3) is 10.9 Å². The van der Waals surface area contributed by atoms with Gasteiger partial charge >= 0.3 is 0 Å². The average molecular weight is 283 g/mol. The molecule has 20 heavy (non-hydrogen) atoms. The van der Waals surface area contributed by atoms with Gasteiger partial charge in [-0.3, -0.25) is 4.98 Å². The second-order valence-corrected chi connectivity index (χ2v) is 6.06. The predicted octanol–water partition coefficient (Wildman–Crippen LogP) is 3.62. The van der Waals surface area contributed by atoms with Gasteiger partial charge in [0.15, 0.2) is 0 Å². The van der Waals surface area contributed by atoms with Crippen molar-refractivity contribution in [3.63, 3.8) is 0 Å². The molecule has 1 unspecified atom stereocenters. The molecule has 2 heterocycles. The predicted molar refractivity (Wildman–Crippen MR) is 84.2 cm³/mol. The lowest BCUT2D eigenvalue weighted by Crippen LogP contribution is -2.17. The van der Waals surface area contributed by atoms with Crippen molar-refractivity contribution in [1.29, 1.82) is 0 Å². The molecule has 102 valence electrons. The zero-order valence-electron chi connectivity index (χ0n) is 11.8. The van der Waals surface area contributed by atoms with Crippen LogP contribution < -0.4 is 5.32 Å². The molecule has 0 saturated heterocycles. The normalized spacial score (nSPS) is 12.8. The lowest BCUT2D eigenvalue weighted by Gasteiger charge is -2.17. The van der Waals surface area contributed by atoms with Gasteiger partial charge in [0, 0.05) is 16.5 Å². The highest BCUT2D eigenvalue weighted by Crippen LogP contribution is 2.33. The zero-order chi connectivity index (χ0) is 14.1. The molecule has 0 aliphatic carbocycles. The molecule has 3 rings (SSSR count). The summed E-state index contributed by atoms with van der Waals surface area (Å²) < 4.78 is 0. The Hall–Kier alpha value is -1.78. The first-order valence-electron chi connectivity index (χ1n) is 6.65. The number of nitrogens with zero attached hydrogens (tertiary/aromatic N) is 2. The van der Waals surface area contributed by atoms with E-state index in [1.54, 1.807) is 11.3 Å². The van der Waals surface area contributed by atoms with Crippen LogP contribution in [-0.2, 0) is 0 Å². The Morgan fingerprint density at radius 3 is 2.70 bits per heavy atom. The van der Waals surface area contributed by atoms with E-state index >= 15 is 0 Å². The fraction of sp³-hybridized carbons (Fsp3) is 0.250. The van der Waals surface area contributed by atoms with Crippen LogP contribution in [0.5, 0.6) is 0 Å². The van der Waals surface area contributed by atoms with Gasteiger partial charge in [-0.1, -0.05) is 18.2 Å². The number of thiazole rings is 1. The minimum atomic E-state index is 0.161. The Morgan fingerprint density at radius 1 is 1.15 bits per heavy atom. The summed E-state index contributed by atoms with van der Waals surface area (Å²) in [5, 5.41) is 5.73. The Morgan fingerprint density at radius 2 is 2.00 bits per heavy atom. The quantitative estimate of drug-likeness (QED) is 0.798. The van der Waals surface area contributed by atoms with Crippen LogP contribution in [0.3, 0.4) is 0 Å². The minimum Gasteiger partial charge on any atom is -0.309 e. The molecule has 0 saturated carbocycles. The lowest BCUT2D eigenvalue weighted by atomic mass is 9.99. The highest BCUT2D eigenvalue weighted by molar-refractivity contribution is 7.11. The molecule has 1 N–H and O–H groups in total. The van der Waals surface area contributed by atoms with E-state index in [0.717, 1.165) is 16.2 Å². The summed E-state index contributed by atoms with van der Waals surface area (Å²) in [5.41, 5.74) is 3.39. The Kier molecular flexibility index (Phi) is 3.51. The number of pyridine rings is 1. The minimum absolute atomic E-state index is 0.161. The molecule has 2 aromatic heterocycles. The third-order valence-electron chi connectivity index (χ3n) is 3.48. The van der Waals surface area contributed by atoms with Gasteiger partial charge in [-0.2, -0.15) is 0 Å². The molecule has 0 spiro atoms. The summed E-state index contributed by atoms with van der Waals surface area (Å²) in [6.07, 6.45) is 1.84. The fourth-order valence-corrected chi connectivity index (χ4v) is 3.68. The number of benzene rings is 1. The SMILES string of the molecule is CNC(c1sc(C)nc1C)c1cccc2ncccc12. The van der Waals surface area contributed by atoms with E-state index in [4.69, 9.17) is 0 Å². The number of aromatic nitrogens is 2. The van der Waals surface area contributed by atoms with Gasteiger partial charge in [0.05, 0.1) is 22.3 Å². The molecule has 0 fully saturated rings. The summed E-state index contributed by atoms with van der Waals surface area (Å²) in [4.78, 5) is 10.3. The summed E-state index contributed by atoms with van der Waals surface area (Å²) in [5.74, 6) is 0. The van der Waals surface area contributed by atoms with Crippen molar-refractivity contribution in [1.82, 2.24) is 15.3 Å². The van der Waals surface area contributed by atoms with E-state index in [9.17, 15) is 0 Å². The van der Waals surface area contributed by atoms with Crippen molar-refractivity contribution in [3.05, 3.63) is 57.7 Å². The molecular weight excluding hydrogens is 266 g/mol. The summed E-state index contributed by atoms with van der Waals surface area (Å²) >= 11 is 1.76. The monoisotopic (exact) mass is 283 g/mol. The number of hydrogen-bond donors (Lipinski definition) is 1. The van der Waals surface area contributed by atoms with Crippen LogP contribution >= 0.6 is 11.3 Å². The molecule has 0 aliphatic rings. The van der Waals surface area contributed by atoms with Crippen molar-refractivity contribution < 1.29 is 0 Å². The van der Waals surface area contributed by atoms with E-state index in [2.05, 4.69) is 53.4 Å². The summed E-state index contributed by atoms with van der Waals surface area (Å²) in [7, 11) is 1.99. The molecule has 3 nitrogen and oxygen atoms in total. The zero-order valence-corrected chi connectivity index (χ0v) is 12.7. The first kappa shape index (κ1) is 13.2. The summed E-state index contributed by atoms with van der Waals surface area (Å²) in [6.45, 7) is 4.13. The van der Waals surface area contributed by atoms with E-state index in [-0.39, 0.29) is 6.04 Å². The van der Waals surface area contributed by atoms with Crippen LogP contribution in [0.2, 0.25) is 0 Å². The van der Waals surface area contributed by atoms with Gasteiger partial charge in [-0.05, 0) is 38.6 Å². The Balaban J connectivity index is 2.19. The molecule has 0 aliphatic heterocycles. The molecule has 3 aromatic rings. The van der Waals surface area contributed by atoms with Gasteiger partial charge in [-0.25, -0.2) is 4.98 Å². The highest BCUT2D eigenvalue weighted by Gasteiger charge is 2.19. The first-order valence-corrected chi connectivity index (χ1v) is 7.47. The van der Waals surface area contributed by atoms with Crippen molar-refractivity contribution in [2.24, 2.45) is 0 Å². The van der Waals surface area contributed by atoms with Crippen LogP contribution in [0, 0.1) is 13.8 Å². The van der Waals surface area contributed by atoms with Gasteiger partial charge in [0.1, 0.15) is 0 Å². The average Bonchev–Trinajstić information content (AvgIpc) is 2.79. The lowest BCUT2D eigenvalue weighted by molar-refractivity contribution is 0.702. The number of fused-ring (bicyclic) bond motifs is 1. The van der Waals surface area contributed by atoms with E-state index in [0.29, 0.717) is 0 Å². The third-order valence-corrected chi connectivity index (χ3v) is 4.62. The van der Waals surface area contributed by atoms with Crippen molar-refractivity contribution in [2.45, 2.75) is 19.9 Å². The topological polar surface area (TPSA) is 37.8 Å². The first-order chi connectivity index (χ1) is 9.70. The van der Waals surface area contributed by atoms with E-state index in [1.165, 1.54) is 15.8 Å². The second-order valence-electron chi connectivity index (χ2n) is 4.82. The summed E-state index contributed by atoms with van der Waals surface area (Å²) in [6, 6.07) is 10.6. The standard InChI is InChI=1S/C16H17N3S/c1-10-16(20-11(2)19-10)15(17-3)13-6-4-8-14-12(13)7-5-9-18-14/h4-9,15,17H,1-3H3. The molecule has 4 heteroatoms.